The zero-order valence-electron chi connectivity index (χ0n) is 11.4. The van der Waals surface area contributed by atoms with Crippen LogP contribution in [-0.4, -0.2) is 20.9 Å². The molecule has 7 heteroatoms. The van der Waals surface area contributed by atoms with Crippen molar-refractivity contribution in [3.63, 3.8) is 0 Å². The van der Waals surface area contributed by atoms with Crippen molar-refractivity contribution in [1.82, 2.24) is 5.32 Å². The summed E-state index contributed by atoms with van der Waals surface area (Å²) in [6, 6.07) is 4.36. The molecule has 2 rings (SSSR count). The smallest absolute Gasteiger partial charge is 0.251 e. The second-order valence-electron chi connectivity index (χ2n) is 5.05. The molecule has 0 saturated carbocycles. The van der Waals surface area contributed by atoms with Gasteiger partial charge in [0, 0.05) is 16.6 Å². The maximum absolute atomic E-state index is 12.1. The van der Waals surface area contributed by atoms with Gasteiger partial charge in [0.1, 0.15) is 0 Å². The molecule has 1 aromatic rings. The van der Waals surface area contributed by atoms with E-state index in [2.05, 4.69) is 33.4 Å². The lowest BCUT2D eigenvalue weighted by Crippen LogP contribution is -2.30. The van der Waals surface area contributed by atoms with Crippen molar-refractivity contribution >= 4 is 31.9 Å². The van der Waals surface area contributed by atoms with E-state index >= 15 is 0 Å². The highest BCUT2D eigenvalue weighted by atomic mass is 79.9. The second-order valence-corrected chi connectivity index (χ2v) is 7.43. The fourth-order valence-electron chi connectivity index (χ4n) is 2.24. The number of halogens is 1. The molecular formula is C14H17BrN2O3S. The Balaban J connectivity index is 2.07. The maximum atomic E-state index is 12.1. The molecule has 114 valence electrons. The van der Waals surface area contributed by atoms with Crippen LogP contribution in [-0.2, 0) is 10.0 Å². The predicted octanol–water partition coefficient (Wildman–Crippen LogP) is 2.18. The molecule has 1 aromatic carbocycles. The SMILES string of the molecule is NS(=O)(=O)c1cc(C(=O)NCC2CC=CCC2)ccc1Br. The minimum Gasteiger partial charge on any atom is -0.352 e. The topological polar surface area (TPSA) is 89.3 Å². The summed E-state index contributed by atoms with van der Waals surface area (Å²) in [5, 5.41) is 7.96. The number of rotatable bonds is 4. The van der Waals surface area contributed by atoms with E-state index in [1.165, 1.54) is 12.1 Å². The molecule has 1 atom stereocenters. The largest absolute Gasteiger partial charge is 0.352 e. The molecule has 1 aliphatic rings. The van der Waals surface area contributed by atoms with Crippen molar-refractivity contribution in [2.24, 2.45) is 11.1 Å². The van der Waals surface area contributed by atoms with Crippen LogP contribution in [0.15, 0.2) is 39.7 Å². The van der Waals surface area contributed by atoms with Gasteiger partial charge in [0.15, 0.2) is 0 Å². The molecule has 0 aromatic heterocycles. The molecule has 21 heavy (non-hydrogen) atoms. The van der Waals surface area contributed by atoms with E-state index < -0.39 is 10.0 Å². The van der Waals surface area contributed by atoms with Crippen LogP contribution >= 0.6 is 15.9 Å². The van der Waals surface area contributed by atoms with Crippen molar-refractivity contribution in [2.45, 2.75) is 24.2 Å². The summed E-state index contributed by atoms with van der Waals surface area (Å²) in [6.07, 6.45) is 7.32. The summed E-state index contributed by atoms with van der Waals surface area (Å²) in [6.45, 7) is 0.587. The van der Waals surface area contributed by atoms with E-state index in [4.69, 9.17) is 5.14 Å². The van der Waals surface area contributed by atoms with Crippen molar-refractivity contribution in [1.29, 1.82) is 0 Å². The summed E-state index contributed by atoms with van der Waals surface area (Å²) in [5.41, 5.74) is 0.286. The molecule has 0 heterocycles. The maximum Gasteiger partial charge on any atom is 0.251 e. The number of carbonyl (C=O) groups excluding carboxylic acids is 1. The highest BCUT2D eigenvalue weighted by Crippen LogP contribution is 2.22. The van der Waals surface area contributed by atoms with E-state index in [1.807, 2.05) is 0 Å². The monoisotopic (exact) mass is 372 g/mol. The molecule has 0 aliphatic heterocycles. The van der Waals surface area contributed by atoms with Gasteiger partial charge >= 0.3 is 0 Å². The third-order valence-electron chi connectivity index (χ3n) is 3.43. The van der Waals surface area contributed by atoms with Crippen molar-refractivity contribution in [2.75, 3.05) is 6.54 Å². The Labute approximate surface area is 132 Å². The number of hydrogen-bond acceptors (Lipinski definition) is 3. The van der Waals surface area contributed by atoms with Gasteiger partial charge in [0.25, 0.3) is 5.91 Å². The van der Waals surface area contributed by atoms with E-state index in [1.54, 1.807) is 6.07 Å². The second kappa shape index (κ2) is 6.72. The van der Waals surface area contributed by atoms with Crippen LogP contribution in [0.25, 0.3) is 0 Å². The number of hydrogen-bond donors (Lipinski definition) is 2. The fourth-order valence-corrected chi connectivity index (χ4v) is 3.80. The van der Waals surface area contributed by atoms with Crippen LogP contribution in [0.3, 0.4) is 0 Å². The average molecular weight is 373 g/mol. The van der Waals surface area contributed by atoms with Gasteiger partial charge in [-0.15, -0.1) is 0 Å². The van der Waals surface area contributed by atoms with Crippen LogP contribution in [0.4, 0.5) is 0 Å². The fraction of sp³-hybridized carbons (Fsp3) is 0.357. The standard InChI is InChI=1S/C14H17BrN2O3S/c15-12-7-6-11(8-13(12)21(16,19)20)14(18)17-9-10-4-2-1-3-5-10/h1-2,6-8,10H,3-5,9H2,(H,17,18)(H2,16,19,20). The summed E-state index contributed by atoms with van der Waals surface area (Å²) in [5.74, 6) is 0.147. The van der Waals surface area contributed by atoms with Gasteiger partial charge in [0.05, 0.1) is 4.90 Å². The minimum absolute atomic E-state index is 0.0873. The Bertz CT molecular complexity index is 671. The molecule has 5 nitrogen and oxygen atoms in total. The first-order valence-electron chi connectivity index (χ1n) is 6.63. The summed E-state index contributed by atoms with van der Waals surface area (Å²) < 4.78 is 23.2. The Kier molecular flexibility index (Phi) is 5.18. The zero-order chi connectivity index (χ0) is 15.5. The Morgan fingerprint density at radius 2 is 2.14 bits per heavy atom. The van der Waals surface area contributed by atoms with Gasteiger partial charge in [-0.05, 0) is 59.3 Å². The van der Waals surface area contributed by atoms with E-state index in [0.29, 0.717) is 16.9 Å². The van der Waals surface area contributed by atoms with Crippen molar-refractivity contribution in [3.05, 3.63) is 40.4 Å². The number of nitrogens with one attached hydrogen (secondary N) is 1. The molecule has 0 spiro atoms. The number of benzene rings is 1. The molecule has 0 bridgehead atoms. The third-order valence-corrected chi connectivity index (χ3v) is 5.33. The van der Waals surface area contributed by atoms with Crippen LogP contribution in [0.1, 0.15) is 29.6 Å². The van der Waals surface area contributed by atoms with Crippen LogP contribution in [0.5, 0.6) is 0 Å². The Morgan fingerprint density at radius 3 is 2.76 bits per heavy atom. The molecule has 1 amide bonds. The lowest BCUT2D eigenvalue weighted by molar-refractivity contribution is 0.0946. The lowest BCUT2D eigenvalue weighted by Gasteiger charge is -2.18. The van der Waals surface area contributed by atoms with Crippen molar-refractivity contribution < 1.29 is 13.2 Å². The number of allylic oxidation sites excluding steroid dienone is 2. The normalized spacial score (nSPS) is 18.5. The highest BCUT2D eigenvalue weighted by Gasteiger charge is 2.17. The summed E-state index contributed by atoms with van der Waals surface area (Å²) in [7, 11) is -3.86. The van der Waals surface area contributed by atoms with Gasteiger partial charge in [-0.2, -0.15) is 0 Å². The van der Waals surface area contributed by atoms with E-state index in [-0.39, 0.29) is 16.4 Å². The number of nitrogens with two attached hydrogens (primary N) is 1. The highest BCUT2D eigenvalue weighted by molar-refractivity contribution is 9.10. The van der Waals surface area contributed by atoms with Gasteiger partial charge in [-0.25, -0.2) is 13.6 Å². The first-order chi connectivity index (χ1) is 9.88. The first kappa shape index (κ1) is 16.2. The average Bonchev–Trinajstić information content (AvgIpc) is 2.45. The Hall–Kier alpha value is -1.18. The van der Waals surface area contributed by atoms with Crippen LogP contribution in [0, 0.1) is 5.92 Å². The van der Waals surface area contributed by atoms with Gasteiger partial charge in [-0.1, -0.05) is 12.2 Å². The summed E-state index contributed by atoms with van der Waals surface area (Å²) >= 11 is 3.12. The van der Waals surface area contributed by atoms with Gasteiger partial charge in [0.2, 0.25) is 10.0 Å². The number of carbonyl (C=O) groups is 1. The number of sulfonamides is 1. The Morgan fingerprint density at radius 1 is 1.38 bits per heavy atom. The minimum atomic E-state index is -3.86. The van der Waals surface area contributed by atoms with Crippen LogP contribution in [0.2, 0.25) is 0 Å². The molecule has 0 fully saturated rings. The van der Waals surface area contributed by atoms with E-state index in [9.17, 15) is 13.2 Å². The third kappa shape index (κ3) is 4.39. The molecule has 0 radical (unpaired) electrons. The van der Waals surface area contributed by atoms with E-state index in [0.717, 1.165) is 19.3 Å². The first-order valence-corrected chi connectivity index (χ1v) is 8.97. The molecule has 1 unspecified atom stereocenters. The predicted molar refractivity (Wildman–Crippen MR) is 84.3 cm³/mol. The molecule has 3 N–H and O–H groups in total. The van der Waals surface area contributed by atoms with Crippen LogP contribution < -0.4 is 10.5 Å². The molecule has 1 aliphatic carbocycles. The van der Waals surface area contributed by atoms with Crippen molar-refractivity contribution in [3.8, 4) is 0 Å². The quantitative estimate of drug-likeness (QED) is 0.793. The zero-order valence-corrected chi connectivity index (χ0v) is 13.8. The molecule has 0 saturated heterocycles. The number of amides is 1. The molecular weight excluding hydrogens is 356 g/mol. The van der Waals surface area contributed by atoms with Gasteiger partial charge in [-0.3, -0.25) is 4.79 Å². The van der Waals surface area contributed by atoms with Gasteiger partial charge < -0.3 is 5.32 Å². The lowest BCUT2D eigenvalue weighted by atomic mass is 9.94. The summed E-state index contributed by atoms with van der Waals surface area (Å²) in [4.78, 5) is 12.0. The number of primary sulfonamides is 1.